The SMILES string of the molecule is C[Si](C)(C)[N-][Si](C)(C)C.[Li+].c1ccc2cnncc2c1. The van der Waals surface area contributed by atoms with Gasteiger partial charge in [-0.25, -0.2) is 0 Å². The van der Waals surface area contributed by atoms with Gasteiger partial charge >= 0.3 is 18.9 Å². The minimum Gasteiger partial charge on any atom is -0.668 e. The second-order valence-corrected chi connectivity index (χ2v) is 16.1. The van der Waals surface area contributed by atoms with Crippen LogP contribution in [0.4, 0.5) is 0 Å². The Balaban J connectivity index is 0.000000347. The molecule has 104 valence electrons. The van der Waals surface area contributed by atoms with Crippen LogP contribution in [0.3, 0.4) is 0 Å². The molecule has 0 N–H and O–H groups in total. The topological polar surface area (TPSA) is 39.9 Å². The van der Waals surface area contributed by atoms with Crippen LogP contribution in [-0.2, 0) is 0 Å². The molecule has 1 aromatic carbocycles. The first-order valence-corrected chi connectivity index (χ1v) is 13.5. The molecule has 0 amide bonds. The fraction of sp³-hybridized carbons (Fsp3) is 0.429. The van der Waals surface area contributed by atoms with Crippen LogP contribution >= 0.6 is 0 Å². The molecule has 0 unspecified atom stereocenters. The van der Waals surface area contributed by atoms with E-state index in [1.54, 1.807) is 12.4 Å². The first-order chi connectivity index (χ1) is 8.67. The zero-order valence-electron chi connectivity index (χ0n) is 13.8. The van der Waals surface area contributed by atoms with Gasteiger partial charge in [0.2, 0.25) is 0 Å². The molecule has 0 aliphatic rings. The summed E-state index contributed by atoms with van der Waals surface area (Å²) in [7, 11) is -2.21. The number of fused-ring (bicyclic) bond motifs is 1. The predicted octanol–water partition coefficient (Wildman–Crippen LogP) is 1.66. The smallest absolute Gasteiger partial charge is 0.668 e. The number of rotatable bonds is 2. The monoisotopic (exact) mass is 297 g/mol. The van der Waals surface area contributed by atoms with E-state index in [-0.39, 0.29) is 18.9 Å². The Hall–Kier alpha value is -0.449. The maximum absolute atomic E-state index is 4.82. The third kappa shape index (κ3) is 8.67. The standard InChI is InChI=1S/C8H6N2.C6H18NSi2.Li/c1-2-4-8-6-10-9-5-7(8)3-1;1-8(2,3)7-9(4,5)6;/h1-6H;1-6H3;/q;-1;+1. The molecule has 0 bridgehead atoms. The summed E-state index contributed by atoms with van der Waals surface area (Å²) < 4.78 is 4.82. The predicted molar refractivity (Wildman–Crippen MR) is 89.6 cm³/mol. The van der Waals surface area contributed by atoms with Crippen LogP contribution < -0.4 is 18.9 Å². The van der Waals surface area contributed by atoms with Gasteiger partial charge in [0, 0.05) is 10.8 Å². The van der Waals surface area contributed by atoms with Gasteiger partial charge < -0.3 is 4.65 Å². The van der Waals surface area contributed by atoms with Gasteiger partial charge in [0.25, 0.3) is 0 Å². The first-order valence-electron chi connectivity index (χ1n) is 6.57. The molecule has 6 heteroatoms. The number of benzene rings is 1. The molecule has 2 aromatic rings. The quantitative estimate of drug-likeness (QED) is 0.791. The number of hydrogen-bond acceptors (Lipinski definition) is 2. The molecule has 3 nitrogen and oxygen atoms in total. The summed E-state index contributed by atoms with van der Waals surface area (Å²) in [6.45, 7) is 13.8. The van der Waals surface area contributed by atoms with Gasteiger partial charge in [0.05, 0.1) is 12.4 Å². The molecular weight excluding hydrogens is 273 g/mol. The maximum atomic E-state index is 4.82. The fourth-order valence-electron chi connectivity index (χ4n) is 1.94. The van der Waals surface area contributed by atoms with Crippen molar-refractivity contribution < 1.29 is 18.9 Å². The van der Waals surface area contributed by atoms with Crippen molar-refractivity contribution in [2.24, 2.45) is 0 Å². The minimum absolute atomic E-state index is 0. The van der Waals surface area contributed by atoms with E-state index in [0.717, 1.165) is 10.8 Å². The van der Waals surface area contributed by atoms with E-state index in [1.807, 2.05) is 24.3 Å². The van der Waals surface area contributed by atoms with Crippen LogP contribution in [-0.4, -0.2) is 26.7 Å². The molecule has 0 fully saturated rings. The Morgan fingerprint density at radius 1 is 0.750 bits per heavy atom. The molecule has 0 atom stereocenters. The normalized spacial score (nSPS) is 11.3. The number of aromatic nitrogens is 2. The molecule has 20 heavy (non-hydrogen) atoms. The molecule has 0 saturated carbocycles. The van der Waals surface area contributed by atoms with Crippen LogP contribution in [0.15, 0.2) is 36.7 Å². The number of nitrogens with zero attached hydrogens (tertiary/aromatic N) is 3. The van der Waals surface area contributed by atoms with Gasteiger partial charge in [-0.2, -0.15) is 10.2 Å². The molecule has 0 saturated heterocycles. The van der Waals surface area contributed by atoms with Crippen molar-refractivity contribution in [3.63, 3.8) is 0 Å². The third-order valence-corrected chi connectivity index (χ3v) is 7.49. The van der Waals surface area contributed by atoms with E-state index in [9.17, 15) is 0 Å². The Kier molecular flexibility index (Phi) is 7.92. The van der Waals surface area contributed by atoms with Crippen LogP contribution in [0, 0.1) is 0 Å². The van der Waals surface area contributed by atoms with Crippen LogP contribution in [0.25, 0.3) is 15.4 Å². The summed E-state index contributed by atoms with van der Waals surface area (Å²) in [6, 6.07) is 8.02. The maximum Gasteiger partial charge on any atom is 1.00 e. The zero-order valence-corrected chi connectivity index (χ0v) is 15.8. The van der Waals surface area contributed by atoms with Crippen molar-refractivity contribution >= 4 is 27.2 Å². The van der Waals surface area contributed by atoms with Gasteiger partial charge in [-0.05, 0) is 0 Å². The minimum atomic E-state index is -1.11. The first kappa shape index (κ1) is 19.6. The number of hydrogen-bond donors (Lipinski definition) is 0. The summed E-state index contributed by atoms with van der Waals surface area (Å²) in [5, 5.41) is 9.80. The Morgan fingerprint density at radius 3 is 1.35 bits per heavy atom. The van der Waals surface area contributed by atoms with Crippen LogP contribution in [0.5, 0.6) is 0 Å². The summed E-state index contributed by atoms with van der Waals surface area (Å²) in [6.07, 6.45) is 3.52. The van der Waals surface area contributed by atoms with Crippen LogP contribution in [0.1, 0.15) is 0 Å². The van der Waals surface area contributed by atoms with E-state index in [0.29, 0.717) is 0 Å². The molecule has 0 radical (unpaired) electrons. The second kappa shape index (κ2) is 8.11. The summed E-state index contributed by atoms with van der Waals surface area (Å²) in [5.41, 5.74) is 0. The van der Waals surface area contributed by atoms with Crippen molar-refractivity contribution in [2.45, 2.75) is 39.3 Å². The van der Waals surface area contributed by atoms with Crippen molar-refractivity contribution in [1.29, 1.82) is 0 Å². The second-order valence-electron chi connectivity index (χ2n) is 6.57. The van der Waals surface area contributed by atoms with Crippen LogP contribution in [0.2, 0.25) is 39.3 Å². The molecule has 0 spiro atoms. The molecular formula is C14H24LiN3Si2. The Labute approximate surface area is 136 Å². The average molecular weight is 297 g/mol. The zero-order chi connectivity index (χ0) is 14.5. The Bertz CT molecular complexity index is 444. The summed E-state index contributed by atoms with van der Waals surface area (Å²) >= 11 is 0. The molecule has 0 aliphatic heterocycles. The fourth-order valence-corrected chi connectivity index (χ4v) is 9.99. The van der Waals surface area contributed by atoms with Crippen molar-refractivity contribution in [2.75, 3.05) is 0 Å². The average Bonchev–Trinajstić information content (AvgIpc) is 2.25. The molecule has 0 aliphatic carbocycles. The largest absolute Gasteiger partial charge is 1.00 e. The van der Waals surface area contributed by atoms with Gasteiger partial charge in [0.1, 0.15) is 0 Å². The van der Waals surface area contributed by atoms with E-state index in [4.69, 9.17) is 4.65 Å². The van der Waals surface area contributed by atoms with Gasteiger partial charge in [0.15, 0.2) is 0 Å². The van der Waals surface area contributed by atoms with Crippen molar-refractivity contribution in [3.05, 3.63) is 41.3 Å². The van der Waals surface area contributed by atoms with E-state index < -0.39 is 16.5 Å². The molecule has 2 rings (SSSR count). The molecule has 1 aromatic heterocycles. The van der Waals surface area contributed by atoms with Crippen molar-refractivity contribution in [1.82, 2.24) is 10.2 Å². The van der Waals surface area contributed by atoms with Gasteiger partial charge in [-0.1, -0.05) is 80.0 Å². The van der Waals surface area contributed by atoms with Gasteiger partial charge in [-0.15, -0.1) is 0 Å². The van der Waals surface area contributed by atoms with Crippen molar-refractivity contribution in [3.8, 4) is 0 Å². The third-order valence-electron chi connectivity index (χ3n) is 2.13. The van der Waals surface area contributed by atoms with E-state index >= 15 is 0 Å². The summed E-state index contributed by atoms with van der Waals surface area (Å²) in [5.74, 6) is 0. The van der Waals surface area contributed by atoms with Gasteiger partial charge in [-0.3, -0.25) is 0 Å². The molecule has 1 heterocycles. The Morgan fingerprint density at radius 2 is 1.10 bits per heavy atom. The van der Waals surface area contributed by atoms with E-state index in [1.165, 1.54) is 0 Å². The summed E-state index contributed by atoms with van der Waals surface area (Å²) in [4.78, 5) is 0. The van der Waals surface area contributed by atoms with E-state index in [2.05, 4.69) is 49.5 Å².